The Labute approximate surface area is 178 Å². The highest BCUT2D eigenvalue weighted by Crippen LogP contribution is 2.17. The van der Waals surface area contributed by atoms with Gasteiger partial charge in [0, 0.05) is 50.6 Å². The molecule has 1 aliphatic rings. The van der Waals surface area contributed by atoms with Crippen molar-refractivity contribution in [2.45, 2.75) is 13.8 Å². The third kappa shape index (κ3) is 6.03. The zero-order chi connectivity index (χ0) is 21.3. The maximum absolute atomic E-state index is 13.1. The van der Waals surface area contributed by atoms with Gasteiger partial charge in [0.05, 0.1) is 12.8 Å². The second-order valence-electron chi connectivity index (χ2n) is 7.30. The van der Waals surface area contributed by atoms with Crippen LogP contribution in [-0.2, 0) is 4.79 Å². The average molecular weight is 412 g/mol. The molecule has 1 saturated heterocycles. The molecule has 0 aromatic heterocycles. The van der Waals surface area contributed by atoms with Crippen molar-refractivity contribution in [3.8, 4) is 0 Å². The fourth-order valence-electron chi connectivity index (χ4n) is 3.59. The van der Waals surface area contributed by atoms with E-state index in [0.717, 1.165) is 50.5 Å². The minimum atomic E-state index is -0.227. The van der Waals surface area contributed by atoms with E-state index >= 15 is 0 Å². The van der Waals surface area contributed by atoms with Crippen molar-refractivity contribution in [3.63, 3.8) is 0 Å². The SMILES string of the molecule is CCN(CC)c1ccc(/C=N/NC(=O)CN2CCN(c3ccc(F)cc3)CC2)cc1. The van der Waals surface area contributed by atoms with Crippen molar-refractivity contribution in [3.05, 3.63) is 59.9 Å². The quantitative estimate of drug-likeness (QED) is 0.536. The van der Waals surface area contributed by atoms with Gasteiger partial charge in [-0.05, 0) is 55.8 Å². The molecule has 6 nitrogen and oxygen atoms in total. The Balaban J connectivity index is 1.41. The number of anilines is 2. The number of amides is 1. The first-order chi connectivity index (χ1) is 14.6. The average Bonchev–Trinajstić information content (AvgIpc) is 2.77. The summed E-state index contributed by atoms with van der Waals surface area (Å²) in [7, 11) is 0. The minimum Gasteiger partial charge on any atom is -0.372 e. The number of nitrogens with one attached hydrogen (secondary N) is 1. The molecule has 2 aromatic carbocycles. The van der Waals surface area contributed by atoms with Gasteiger partial charge in [-0.25, -0.2) is 9.82 Å². The topological polar surface area (TPSA) is 51.2 Å². The molecule has 1 fully saturated rings. The third-order valence-corrected chi connectivity index (χ3v) is 5.36. The van der Waals surface area contributed by atoms with Crippen LogP contribution in [0.5, 0.6) is 0 Å². The highest BCUT2D eigenvalue weighted by atomic mass is 19.1. The standard InChI is InChI=1S/C23H30FN5O/c1-3-28(4-2)21-9-5-19(6-10-21)17-25-26-23(30)18-27-13-15-29(16-14-27)22-11-7-20(24)8-12-22/h5-12,17H,3-4,13-16,18H2,1-2H3,(H,26,30)/b25-17+. The van der Waals surface area contributed by atoms with Crippen LogP contribution < -0.4 is 15.2 Å². The Kier molecular flexibility index (Phi) is 7.79. The van der Waals surface area contributed by atoms with E-state index in [9.17, 15) is 9.18 Å². The summed E-state index contributed by atoms with van der Waals surface area (Å²) in [5, 5.41) is 4.08. The molecule has 0 radical (unpaired) electrons. The molecular formula is C23H30FN5O. The minimum absolute atomic E-state index is 0.124. The first-order valence-corrected chi connectivity index (χ1v) is 10.5. The summed E-state index contributed by atoms with van der Waals surface area (Å²) in [5.41, 5.74) is 5.75. The predicted octanol–water partition coefficient (Wildman–Crippen LogP) is 2.94. The van der Waals surface area contributed by atoms with Gasteiger partial charge in [0.15, 0.2) is 0 Å². The van der Waals surface area contributed by atoms with Crippen molar-refractivity contribution < 1.29 is 9.18 Å². The largest absolute Gasteiger partial charge is 0.372 e. The van der Waals surface area contributed by atoms with Gasteiger partial charge in [0.25, 0.3) is 5.91 Å². The molecule has 0 aliphatic carbocycles. The summed E-state index contributed by atoms with van der Waals surface area (Å²) in [6.45, 7) is 9.70. The van der Waals surface area contributed by atoms with Crippen molar-refractivity contribution >= 4 is 23.5 Å². The third-order valence-electron chi connectivity index (χ3n) is 5.36. The monoisotopic (exact) mass is 411 g/mol. The molecule has 0 bridgehead atoms. The summed E-state index contributed by atoms with van der Waals surface area (Å²) in [6.07, 6.45) is 1.66. The van der Waals surface area contributed by atoms with E-state index in [-0.39, 0.29) is 11.7 Å². The van der Waals surface area contributed by atoms with E-state index in [4.69, 9.17) is 0 Å². The van der Waals surface area contributed by atoms with Crippen molar-refractivity contribution in [1.29, 1.82) is 0 Å². The van der Waals surface area contributed by atoms with Crippen LogP contribution in [0.2, 0.25) is 0 Å². The highest BCUT2D eigenvalue weighted by molar-refractivity contribution is 5.83. The number of halogens is 1. The summed E-state index contributed by atoms with van der Waals surface area (Å²) in [4.78, 5) is 18.8. The van der Waals surface area contributed by atoms with Gasteiger partial charge in [-0.15, -0.1) is 0 Å². The molecule has 1 aliphatic heterocycles. The normalized spacial score (nSPS) is 14.8. The van der Waals surface area contributed by atoms with Gasteiger partial charge in [-0.2, -0.15) is 5.10 Å². The van der Waals surface area contributed by atoms with E-state index in [1.807, 2.05) is 12.1 Å². The van der Waals surface area contributed by atoms with Crippen LogP contribution in [-0.4, -0.2) is 62.8 Å². The van der Waals surface area contributed by atoms with Crippen LogP contribution in [0.15, 0.2) is 53.6 Å². The van der Waals surface area contributed by atoms with Crippen LogP contribution in [0, 0.1) is 5.82 Å². The van der Waals surface area contributed by atoms with E-state index in [2.05, 4.69) is 51.2 Å². The van der Waals surface area contributed by atoms with Gasteiger partial charge in [-0.1, -0.05) is 12.1 Å². The van der Waals surface area contributed by atoms with E-state index in [0.29, 0.717) is 6.54 Å². The molecule has 0 spiro atoms. The van der Waals surface area contributed by atoms with Crippen LogP contribution >= 0.6 is 0 Å². The van der Waals surface area contributed by atoms with Crippen LogP contribution in [0.25, 0.3) is 0 Å². The summed E-state index contributed by atoms with van der Waals surface area (Å²) in [6, 6.07) is 14.7. The zero-order valence-electron chi connectivity index (χ0n) is 17.7. The Hall–Kier alpha value is -2.93. The first-order valence-electron chi connectivity index (χ1n) is 10.5. The van der Waals surface area contributed by atoms with Gasteiger partial charge in [0.2, 0.25) is 0 Å². The van der Waals surface area contributed by atoms with Crippen LogP contribution in [0.3, 0.4) is 0 Å². The number of nitrogens with zero attached hydrogens (tertiary/aromatic N) is 4. The van der Waals surface area contributed by atoms with Crippen molar-refractivity contribution in [2.24, 2.45) is 5.10 Å². The van der Waals surface area contributed by atoms with E-state index < -0.39 is 0 Å². The first kappa shape index (κ1) is 21.8. The molecule has 1 heterocycles. The van der Waals surface area contributed by atoms with E-state index in [1.54, 1.807) is 18.3 Å². The second-order valence-corrected chi connectivity index (χ2v) is 7.30. The van der Waals surface area contributed by atoms with Gasteiger partial charge in [0.1, 0.15) is 5.82 Å². The molecule has 30 heavy (non-hydrogen) atoms. The molecule has 0 saturated carbocycles. The molecule has 2 aromatic rings. The molecule has 0 atom stereocenters. The summed E-state index contributed by atoms with van der Waals surface area (Å²) in [5.74, 6) is -0.351. The number of hydrazone groups is 1. The lowest BCUT2D eigenvalue weighted by Gasteiger charge is -2.35. The van der Waals surface area contributed by atoms with E-state index in [1.165, 1.54) is 17.8 Å². The number of rotatable bonds is 8. The van der Waals surface area contributed by atoms with Crippen molar-refractivity contribution in [2.75, 3.05) is 55.6 Å². The maximum Gasteiger partial charge on any atom is 0.254 e. The molecule has 160 valence electrons. The lowest BCUT2D eigenvalue weighted by Crippen LogP contribution is -2.49. The molecular weight excluding hydrogens is 381 g/mol. The summed E-state index contributed by atoms with van der Waals surface area (Å²) >= 11 is 0. The molecule has 3 rings (SSSR count). The number of hydrogen-bond donors (Lipinski definition) is 1. The lowest BCUT2D eigenvalue weighted by molar-refractivity contribution is -0.122. The Bertz CT molecular complexity index is 826. The fraction of sp³-hybridized carbons (Fsp3) is 0.391. The van der Waals surface area contributed by atoms with Gasteiger partial charge < -0.3 is 9.80 Å². The van der Waals surface area contributed by atoms with Crippen molar-refractivity contribution in [1.82, 2.24) is 10.3 Å². The highest BCUT2D eigenvalue weighted by Gasteiger charge is 2.19. The molecule has 1 N–H and O–H groups in total. The number of benzene rings is 2. The summed E-state index contributed by atoms with van der Waals surface area (Å²) < 4.78 is 13.1. The van der Waals surface area contributed by atoms with Crippen LogP contribution in [0.4, 0.5) is 15.8 Å². The molecule has 7 heteroatoms. The maximum atomic E-state index is 13.1. The number of carbonyl (C=O) groups is 1. The number of piperazine rings is 1. The Morgan fingerprint density at radius 1 is 1.03 bits per heavy atom. The van der Waals surface area contributed by atoms with Crippen LogP contribution in [0.1, 0.15) is 19.4 Å². The Morgan fingerprint density at radius 2 is 1.67 bits per heavy atom. The molecule has 1 amide bonds. The predicted molar refractivity (Wildman–Crippen MR) is 121 cm³/mol. The lowest BCUT2D eigenvalue weighted by atomic mass is 10.2. The van der Waals surface area contributed by atoms with Gasteiger partial charge in [-0.3, -0.25) is 9.69 Å². The zero-order valence-corrected chi connectivity index (χ0v) is 17.7. The second kappa shape index (κ2) is 10.7. The Morgan fingerprint density at radius 3 is 2.27 bits per heavy atom. The molecule has 0 unspecified atom stereocenters. The fourth-order valence-corrected chi connectivity index (χ4v) is 3.59. The van der Waals surface area contributed by atoms with Gasteiger partial charge >= 0.3 is 0 Å². The number of carbonyl (C=O) groups excluding carboxylic acids is 1. The number of hydrogen-bond acceptors (Lipinski definition) is 5. The smallest absolute Gasteiger partial charge is 0.254 e.